The largest absolute Gasteiger partial charge is 0.421 e. The molecule has 3 aromatic heterocycles. The maximum atomic E-state index is 15.3. The molecular formula is C22H21FN8O. The zero-order valence-corrected chi connectivity index (χ0v) is 17.6. The Labute approximate surface area is 182 Å². The van der Waals surface area contributed by atoms with Gasteiger partial charge in [0.15, 0.2) is 5.75 Å². The van der Waals surface area contributed by atoms with Gasteiger partial charge >= 0.3 is 6.01 Å². The van der Waals surface area contributed by atoms with Crippen molar-refractivity contribution >= 4 is 33.4 Å². The van der Waals surface area contributed by atoms with Crippen molar-refractivity contribution in [2.24, 2.45) is 0 Å². The first kappa shape index (κ1) is 18.1. The monoisotopic (exact) mass is 432 g/mol. The summed E-state index contributed by atoms with van der Waals surface area (Å²) in [7, 11) is 1.79. The Hall–Kier alpha value is -3.53. The maximum Gasteiger partial charge on any atom is 0.326 e. The molecule has 0 unspecified atom stereocenters. The lowest BCUT2D eigenvalue weighted by Gasteiger charge is -2.52. The summed E-state index contributed by atoms with van der Waals surface area (Å²) in [5.74, 6) is 1.73. The number of fused-ring (bicyclic) bond motifs is 5. The number of benzene rings is 1. The van der Waals surface area contributed by atoms with E-state index in [0.717, 1.165) is 40.6 Å². The third-order valence-corrected chi connectivity index (χ3v) is 7.00. The molecule has 7 rings (SSSR count). The molecule has 0 bridgehead atoms. The van der Waals surface area contributed by atoms with E-state index < -0.39 is 0 Å². The molecule has 0 spiro atoms. The van der Waals surface area contributed by atoms with Gasteiger partial charge < -0.3 is 25.3 Å². The standard InChI is InChI=1S/C22H21FN8O/c1-9-26-7-10(8-27-9)32-22-29-20-17-16-11(12(23)6-13(24-2)18(16)28-20)5-15-19-14(3-4-25-19)31(15)21(17)30-22/h6-8,14-15,19,24-25H,3-5H2,1-2H3,(H,28,29,30)/t14-,15-,19+/m0/s1. The second-order valence-electron chi connectivity index (χ2n) is 8.65. The van der Waals surface area contributed by atoms with Crippen molar-refractivity contribution in [1.29, 1.82) is 0 Å². The molecule has 0 radical (unpaired) electrons. The minimum absolute atomic E-state index is 0.140. The van der Waals surface area contributed by atoms with Crippen molar-refractivity contribution in [3.8, 4) is 11.8 Å². The molecule has 4 aromatic rings. The van der Waals surface area contributed by atoms with Gasteiger partial charge in [0.05, 0.1) is 35.0 Å². The van der Waals surface area contributed by atoms with E-state index in [2.05, 4.69) is 35.5 Å². The average molecular weight is 432 g/mol. The van der Waals surface area contributed by atoms with E-state index in [1.54, 1.807) is 25.5 Å². The number of aromatic amines is 1. The Bertz CT molecular complexity index is 1400. The molecule has 6 heterocycles. The zero-order valence-electron chi connectivity index (χ0n) is 17.6. The van der Waals surface area contributed by atoms with Crippen molar-refractivity contribution in [3.05, 3.63) is 35.7 Å². The normalized spacial score (nSPS) is 23.2. The number of halogens is 1. The Morgan fingerprint density at radius 2 is 2.03 bits per heavy atom. The van der Waals surface area contributed by atoms with Crippen LogP contribution in [0.5, 0.6) is 11.8 Å². The van der Waals surface area contributed by atoms with Gasteiger partial charge in [0.25, 0.3) is 0 Å². The summed E-state index contributed by atoms with van der Waals surface area (Å²) < 4.78 is 21.2. The lowest BCUT2D eigenvalue weighted by atomic mass is 9.84. The van der Waals surface area contributed by atoms with Gasteiger partial charge in [0, 0.05) is 30.1 Å². The van der Waals surface area contributed by atoms with Crippen LogP contribution in [0.2, 0.25) is 0 Å². The zero-order chi connectivity index (χ0) is 21.6. The number of nitrogens with one attached hydrogen (secondary N) is 3. The van der Waals surface area contributed by atoms with Gasteiger partial charge in [-0.05, 0) is 32.4 Å². The van der Waals surface area contributed by atoms with E-state index in [0.29, 0.717) is 41.4 Å². The second-order valence-corrected chi connectivity index (χ2v) is 8.65. The molecule has 3 aliphatic heterocycles. The van der Waals surface area contributed by atoms with Crippen LogP contribution in [0.3, 0.4) is 0 Å². The first-order valence-corrected chi connectivity index (χ1v) is 10.8. The SMILES string of the molecule is CNc1cc(F)c2c3c1[nH]c1nc(Oc4cnc(C)nc4)nc(c13)N1[C@H]3CCN[C@H]3[C@@H]1C2. The van der Waals surface area contributed by atoms with E-state index >= 15 is 4.39 Å². The van der Waals surface area contributed by atoms with E-state index in [1.165, 1.54) is 0 Å². The van der Waals surface area contributed by atoms with Gasteiger partial charge in [-0.3, -0.25) is 0 Å². The molecular weight excluding hydrogens is 411 g/mol. The van der Waals surface area contributed by atoms with Crippen LogP contribution in [0.4, 0.5) is 15.9 Å². The number of H-pyrrole nitrogens is 1. The van der Waals surface area contributed by atoms with Crippen molar-refractivity contribution in [1.82, 2.24) is 30.2 Å². The molecule has 3 atom stereocenters. The number of aromatic nitrogens is 5. The quantitative estimate of drug-likeness (QED) is 0.454. The molecule has 0 aliphatic carbocycles. The average Bonchev–Trinajstić information content (AvgIpc) is 3.33. The van der Waals surface area contributed by atoms with Crippen LogP contribution >= 0.6 is 0 Å². The lowest BCUT2D eigenvalue weighted by Crippen LogP contribution is -2.69. The fourth-order valence-corrected chi connectivity index (χ4v) is 5.62. The predicted octanol–water partition coefficient (Wildman–Crippen LogP) is 2.66. The molecule has 10 heteroatoms. The summed E-state index contributed by atoms with van der Waals surface area (Å²) in [5, 5.41) is 8.41. The third kappa shape index (κ3) is 2.30. The molecule has 0 amide bonds. The number of hydrogen-bond acceptors (Lipinski definition) is 8. The van der Waals surface area contributed by atoms with Crippen LogP contribution in [-0.4, -0.2) is 56.6 Å². The number of hydrogen-bond donors (Lipinski definition) is 3. The van der Waals surface area contributed by atoms with Gasteiger partial charge in [0.1, 0.15) is 23.1 Å². The molecule has 0 saturated carbocycles. The van der Waals surface area contributed by atoms with Crippen molar-refractivity contribution in [3.63, 3.8) is 0 Å². The lowest BCUT2D eigenvalue weighted by molar-refractivity contribution is 0.284. The van der Waals surface area contributed by atoms with Crippen molar-refractivity contribution < 1.29 is 9.13 Å². The van der Waals surface area contributed by atoms with E-state index in [1.807, 2.05) is 6.92 Å². The van der Waals surface area contributed by atoms with Crippen LogP contribution in [0.1, 0.15) is 17.8 Å². The highest BCUT2D eigenvalue weighted by Crippen LogP contribution is 2.48. The number of ether oxygens (including phenoxy) is 1. The molecule has 9 nitrogen and oxygen atoms in total. The van der Waals surface area contributed by atoms with Gasteiger partial charge in [0.2, 0.25) is 0 Å². The van der Waals surface area contributed by atoms with Crippen LogP contribution in [0.25, 0.3) is 21.9 Å². The Morgan fingerprint density at radius 3 is 2.84 bits per heavy atom. The fraction of sp³-hybridized carbons (Fsp3) is 0.364. The van der Waals surface area contributed by atoms with E-state index in [9.17, 15) is 0 Å². The Morgan fingerprint density at radius 1 is 1.19 bits per heavy atom. The Balaban J connectivity index is 1.49. The summed E-state index contributed by atoms with van der Waals surface area (Å²) in [5.41, 5.74) is 2.88. The molecule has 2 fully saturated rings. The highest BCUT2D eigenvalue weighted by Gasteiger charge is 2.53. The summed E-state index contributed by atoms with van der Waals surface area (Å²) >= 11 is 0. The van der Waals surface area contributed by atoms with E-state index in [4.69, 9.17) is 9.72 Å². The number of aryl methyl sites for hydroxylation is 1. The molecule has 32 heavy (non-hydrogen) atoms. The summed E-state index contributed by atoms with van der Waals surface area (Å²) in [4.78, 5) is 23.6. The first-order chi connectivity index (χ1) is 15.6. The molecule has 3 N–H and O–H groups in total. The second kappa shape index (κ2) is 6.26. The summed E-state index contributed by atoms with van der Waals surface area (Å²) in [6, 6.07) is 2.59. The maximum absolute atomic E-state index is 15.3. The van der Waals surface area contributed by atoms with Crippen LogP contribution < -0.4 is 20.3 Å². The van der Waals surface area contributed by atoms with Crippen LogP contribution in [0, 0.1) is 12.7 Å². The minimum Gasteiger partial charge on any atom is -0.421 e. The summed E-state index contributed by atoms with van der Waals surface area (Å²) in [6.45, 7) is 2.77. The number of nitrogens with zero attached hydrogens (tertiary/aromatic N) is 5. The van der Waals surface area contributed by atoms with Gasteiger partial charge in [-0.25, -0.2) is 14.4 Å². The fourth-order valence-electron chi connectivity index (χ4n) is 5.62. The Kier molecular flexibility index (Phi) is 3.53. The molecule has 2 saturated heterocycles. The highest BCUT2D eigenvalue weighted by molar-refractivity contribution is 6.17. The third-order valence-electron chi connectivity index (χ3n) is 7.00. The molecule has 3 aliphatic rings. The van der Waals surface area contributed by atoms with Crippen LogP contribution in [-0.2, 0) is 6.42 Å². The molecule has 1 aromatic carbocycles. The van der Waals surface area contributed by atoms with Crippen LogP contribution in [0.15, 0.2) is 18.5 Å². The smallest absolute Gasteiger partial charge is 0.326 e. The topological polar surface area (TPSA) is 104 Å². The first-order valence-electron chi connectivity index (χ1n) is 10.8. The number of rotatable bonds is 3. The van der Waals surface area contributed by atoms with Crippen molar-refractivity contribution in [2.75, 3.05) is 23.8 Å². The predicted molar refractivity (Wildman–Crippen MR) is 118 cm³/mol. The van der Waals surface area contributed by atoms with Crippen molar-refractivity contribution in [2.45, 2.75) is 37.9 Å². The minimum atomic E-state index is -0.200. The highest BCUT2D eigenvalue weighted by atomic mass is 19.1. The summed E-state index contributed by atoms with van der Waals surface area (Å²) in [6.07, 6.45) is 4.86. The van der Waals surface area contributed by atoms with Gasteiger partial charge in [-0.1, -0.05) is 0 Å². The van der Waals surface area contributed by atoms with E-state index in [-0.39, 0.29) is 17.9 Å². The molecule has 162 valence electrons. The number of anilines is 2. The van der Waals surface area contributed by atoms with Gasteiger partial charge in [-0.2, -0.15) is 9.97 Å². The van der Waals surface area contributed by atoms with Gasteiger partial charge in [-0.15, -0.1) is 0 Å².